The fourth-order valence-electron chi connectivity index (χ4n) is 1.29. The first kappa shape index (κ1) is 15.9. The number of carbonyl (C=O) groups excluding carboxylic acids is 1. The standard InChI is InChI=1S/C10H10N2O4S.C2H4O/c1-2-16-10(15)8-5(3-7(13)14)6(4-11)9(12)17-8;1-2-3-1/h2-3,12H2,1H3,(H,13,14);1-2H2. The number of carboxylic acids is 1. The molecule has 8 heteroatoms. The lowest BCUT2D eigenvalue weighted by Gasteiger charge is -2.01. The Labute approximate surface area is 119 Å². The van der Waals surface area contributed by atoms with Crippen molar-refractivity contribution in [2.45, 2.75) is 13.3 Å². The fourth-order valence-corrected chi connectivity index (χ4v) is 2.22. The highest BCUT2D eigenvalue weighted by molar-refractivity contribution is 7.18. The summed E-state index contributed by atoms with van der Waals surface area (Å²) >= 11 is 0.873. The summed E-state index contributed by atoms with van der Waals surface area (Å²) in [6, 6.07) is 1.80. The molecule has 2 heterocycles. The number of nitrogens with two attached hydrogens (primary N) is 1. The van der Waals surface area contributed by atoms with E-state index in [1.54, 1.807) is 13.0 Å². The third-order valence-corrected chi connectivity index (χ3v) is 3.18. The summed E-state index contributed by atoms with van der Waals surface area (Å²) in [5, 5.41) is 17.7. The highest BCUT2D eigenvalue weighted by Crippen LogP contribution is 2.31. The van der Waals surface area contributed by atoms with Crippen LogP contribution in [0.3, 0.4) is 0 Å². The van der Waals surface area contributed by atoms with Crippen LogP contribution < -0.4 is 5.73 Å². The van der Waals surface area contributed by atoms with Crippen LogP contribution >= 0.6 is 11.3 Å². The molecule has 0 amide bonds. The Morgan fingerprint density at radius 1 is 1.55 bits per heavy atom. The summed E-state index contributed by atoms with van der Waals surface area (Å²) in [4.78, 5) is 22.3. The number of thiophene rings is 1. The summed E-state index contributed by atoms with van der Waals surface area (Å²) in [5.41, 5.74) is 5.73. The maximum absolute atomic E-state index is 11.6. The first-order valence-corrected chi connectivity index (χ1v) is 6.60. The summed E-state index contributed by atoms with van der Waals surface area (Å²) in [5.74, 6) is -1.79. The van der Waals surface area contributed by atoms with Crippen molar-refractivity contribution in [1.29, 1.82) is 5.26 Å². The number of nitrogens with zero attached hydrogens (tertiary/aromatic N) is 1. The minimum Gasteiger partial charge on any atom is -0.481 e. The number of ether oxygens (including phenoxy) is 2. The van der Waals surface area contributed by atoms with E-state index in [4.69, 9.17) is 20.8 Å². The number of carboxylic acid groups (broad SMARTS) is 1. The molecule has 3 N–H and O–H groups in total. The van der Waals surface area contributed by atoms with Gasteiger partial charge in [-0.25, -0.2) is 4.79 Å². The molecular weight excluding hydrogens is 284 g/mol. The van der Waals surface area contributed by atoms with Gasteiger partial charge in [-0.05, 0) is 6.92 Å². The Hall–Kier alpha value is -2.11. The molecule has 108 valence electrons. The molecule has 2 rings (SSSR count). The molecule has 0 bridgehead atoms. The third kappa shape index (κ3) is 4.53. The summed E-state index contributed by atoms with van der Waals surface area (Å²) in [7, 11) is 0. The van der Waals surface area contributed by atoms with E-state index in [2.05, 4.69) is 4.74 Å². The van der Waals surface area contributed by atoms with Crippen LogP contribution in [0.25, 0.3) is 0 Å². The van der Waals surface area contributed by atoms with E-state index in [0.717, 1.165) is 24.6 Å². The Morgan fingerprint density at radius 2 is 2.15 bits per heavy atom. The zero-order valence-electron chi connectivity index (χ0n) is 10.8. The molecule has 0 aromatic carbocycles. The molecule has 1 aliphatic heterocycles. The number of nitrogen functional groups attached to an aromatic ring is 1. The summed E-state index contributed by atoms with van der Waals surface area (Å²) in [6.45, 7) is 3.81. The van der Waals surface area contributed by atoms with Crippen LogP contribution in [0.5, 0.6) is 0 Å². The van der Waals surface area contributed by atoms with Crippen molar-refractivity contribution in [1.82, 2.24) is 0 Å². The Balaban J connectivity index is 0.000000584. The van der Waals surface area contributed by atoms with Crippen LogP contribution in [-0.2, 0) is 20.7 Å². The lowest BCUT2D eigenvalue weighted by atomic mass is 10.1. The molecule has 1 fully saturated rings. The monoisotopic (exact) mass is 298 g/mol. The van der Waals surface area contributed by atoms with E-state index in [9.17, 15) is 9.59 Å². The number of aliphatic carboxylic acids is 1. The second kappa shape index (κ2) is 7.47. The van der Waals surface area contributed by atoms with E-state index in [-0.39, 0.29) is 27.6 Å². The molecule has 0 atom stereocenters. The van der Waals surface area contributed by atoms with Crippen LogP contribution in [-0.4, -0.2) is 36.9 Å². The molecule has 0 spiro atoms. The van der Waals surface area contributed by atoms with Gasteiger partial charge in [0.05, 0.1) is 31.8 Å². The molecule has 0 radical (unpaired) electrons. The maximum atomic E-state index is 11.6. The van der Waals surface area contributed by atoms with Crippen molar-refractivity contribution in [3.63, 3.8) is 0 Å². The highest BCUT2D eigenvalue weighted by atomic mass is 32.1. The number of esters is 1. The Kier molecular flexibility index (Phi) is 5.96. The second-order valence-electron chi connectivity index (χ2n) is 3.66. The fraction of sp³-hybridized carbons (Fsp3) is 0.417. The number of anilines is 1. The normalized spacial score (nSPS) is 11.8. The molecule has 1 saturated heterocycles. The number of rotatable bonds is 4. The van der Waals surface area contributed by atoms with E-state index in [0.29, 0.717) is 0 Å². The quantitative estimate of drug-likeness (QED) is 0.627. The zero-order valence-corrected chi connectivity index (χ0v) is 11.7. The first-order valence-electron chi connectivity index (χ1n) is 5.79. The predicted molar refractivity (Wildman–Crippen MR) is 71.6 cm³/mol. The molecule has 1 aromatic rings. The van der Waals surface area contributed by atoms with Crippen molar-refractivity contribution in [3.8, 4) is 6.07 Å². The minimum absolute atomic E-state index is 0.0421. The number of carbonyl (C=O) groups is 2. The van der Waals surface area contributed by atoms with Gasteiger partial charge in [0, 0.05) is 5.56 Å². The van der Waals surface area contributed by atoms with Crippen LogP contribution in [0.4, 0.5) is 5.00 Å². The Bertz CT molecular complexity index is 542. The van der Waals surface area contributed by atoms with E-state index in [1.165, 1.54) is 0 Å². The van der Waals surface area contributed by atoms with Gasteiger partial charge in [-0.15, -0.1) is 11.3 Å². The number of nitriles is 1. The van der Waals surface area contributed by atoms with Crippen LogP contribution in [0, 0.1) is 11.3 Å². The predicted octanol–water partition coefficient (Wildman–Crippen LogP) is 1.02. The van der Waals surface area contributed by atoms with Gasteiger partial charge in [0.1, 0.15) is 15.9 Å². The van der Waals surface area contributed by atoms with Gasteiger partial charge in [-0.2, -0.15) is 5.26 Å². The molecule has 20 heavy (non-hydrogen) atoms. The third-order valence-electron chi connectivity index (χ3n) is 2.14. The second-order valence-corrected chi connectivity index (χ2v) is 4.72. The van der Waals surface area contributed by atoms with Gasteiger partial charge in [0.15, 0.2) is 0 Å². The summed E-state index contributed by atoms with van der Waals surface area (Å²) < 4.78 is 9.28. The number of hydrogen-bond donors (Lipinski definition) is 2. The highest BCUT2D eigenvalue weighted by Gasteiger charge is 2.24. The molecular formula is C12H14N2O5S. The topological polar surface area (TPSA) is 126 Å². The number of hydrogen-bond acceptors (Lipinski definition) is 7. The van der Waals surface area contributed by atoms with E-state index in [1.807, 2.05) is 0 Å². The van der Waals surface area contributed by atoms with Crippen molar-refractivity contribution < 1.29 is 24.2 Å². The molecule has 1 aromatic heterocycles. The van der Waals surface area contributed by atoms with Gasteiger partial charge >= 0.3 is 11.9 Å². The van der Waals surface area contributed by atoms with Gasteiger partial charge in [-0.1, -0.05) is 0 Å². The van der Waals surface area contributed by atoms with Gasteiger partial charge < -0.3 is 20.3 Å². The van der Waals surface area contributed by atoms with E-state index < -0.39 is 18.4 Å². The SMILES string of the molecule is C1CO1.CCOC(=O)c1sc(N)c(C#N)c1CC(=O)O. The van der Waals surface area contributed by atoms with E-state index >= 15 is 0 Å². The molecule has 0 unspecified atom stereocenters. The van der Waals surface area contributed by atoms with Crippen LogP contribution in [0.15, 0.2) is 0 Å². The first-order chi connectivity index (χ1) is 9.51. The molecule has 1 aliphatic rings. The van der Waals surface area contributed by atoms with Crippen molar-refractivity contribution >= 4 is 28.3 Å². The van der Waals surface area contributed by atoms with Crippen LogP contribution in [0.1, 0.15) is 27.7 Å². The lowest BCUT2D eigenvalue weighted by Crippen LogP contribution is -2.09. The average molecular weight is 298 g/mol. The zero-order chi connectivity index (χ0) is 15.1. The minimum atomic E-state index is -1.13. The smallest absolute Gasteiger partial charge is 0.348 e. The average Bonchev–Trinajstić information content (AvgIpc) is 3.21. The van der Waals surface area contributed by atoms with Gasteiger partial charge in [-0.3, -0.25) is 4.79 Å². The molecule has 7 nitrogen and oxygen atoms in total. The molecule has 0 saturated carbocycles. The van der Waals surface area contributed by atoms with Crippen LogP contribution in [0.2, 0.25) is 0 Å². The summed E-state index contributed by atoms with van der Waals surface area (Å²) in [6.07, 6.45) is -0.426. The van der Waals surface area contributed by atoms with Gasteiger partial charge in [0.2, 0.25) is 0 Å². The largest absolute Gasteiger partial charge is 0.481 e. The molecule has 0 aliphatic carbocycles. The number of epoxide rings is 1. The van der Waals surface area contributed by atoms with Crippen molar-refractivity contribution in [2.24, 2.45) is 0 Å². The van der Waals surface area contributed by atoms with Crippen molar-refractivity contribution in [3.05, 3.63) is 16.0 Å². The van der Waals surface area contributed by atoms with Gasteiger partial charge in [0.25, 0.3) is 0 Å². The maximum Gasteiger partial charge on any atom is 0.348 e. The Morgan fingerprint density at radius 3 is 2.55 bits per heavy atom. The lowest BCUT2D eigenvalue weighted by molar-refractivity contribution is -0.136. The van der Waals surface area contributed by atoms with Crippen molar-refractivity contribution in [2.75, 3.05) is 25.6 Å².